The standard InChI is InChI=1S/C9H19NO.Sc/c1-6-9(5,11)8(4)10-7(2)3;/h7,11H,6H2,1-5H3;. The van der Waals surface area contributed by atoms with Crippen molar-refractivity contribution in [3.63, 3.8) is 0 Å². The first-order valence-electron chi connectivity index (χ1n) is 4.17. The molecule has 0 aliphatic carbocycles. The topological polar surface area (TPSA) is 32.6 Å². The first-order valence-corrected chi connectivity index (χ1v) is 4.17. The summed E-state index contributed by atoms with van der Waals surface area (Å²) in [4.78, 5) is 4.29. The summed E-state index contributed by atoms with van der Waals surface area (Å²) in [5, 5.41) is 9.71. The van der Waals surface area contributed by atoms with Gasteiger partial charge in [-0.05, 0) is 34.1 Å². The number of aliphatic imine (C=N–C) groups is 1. The average molecular weight is 202 g/mol. The van der Waals surface area contributed by atoms with Gasteiger partial charge >= 0.3 is 0 Å². The van der Waals surface area contributed by atoms with Crippen LogP contribution in [-0.2, 0) is 25.8 Å². The summed E-state index contributed by atoms with van der Waals surface area (Å²) >= 11 is 0. The minimum Gasteiger partial charge on any atom is -0.384 e. The Morgan fingerprint density at radius 2 is 1.92 bits per heavy atom. The molecule has 0 amide bonds. The number of hydrogen-bond acceptors (Lipinski definition) is 2. The molecule has 0 fully saturated rings. The monoisotopic (exact) mass is 202 g/mol. The summed E-state index contributed by atoms with van der Waals surface area (Å²) in [6, 6.07) is 0.271. The molecule has 3 heteroatoms. The second kappa shape index (κ2) is 6.03. The molecule has 0 rings (SSSR count). The molecular formula is C9H19NOSc. The van der Waals surface area contributed by atoms with Crippen molar-refractivity contribution in [1.29, 1.82) is 0 Å². The first kappa shape index (κ1) is 15.0. The van der Waals surface area contributed by atoms with Crippen molar-refractivity contribution >= 4 is 5.71 Å². The van der Waals surface area contributed by atoms with Gasteiger partial charge in [0.1, 0.15) is 0 Å². The molecule has 0 aliphatic rings. The third-order valence-corrected chi connectivity index (χ3v) is 1.92. The zero-order valence-electron chi connectivity index (χ0n) is 8.76. The van der Waals surface area contributed by atoms with Crippen molar-refractivity contribution in [2.75, 3.05) is 0 Å². The van der Waals surface area contributed by atoms with E-state index >= 15 is 0 Å². The fraction of sp³-hybridized carbons (Fsp3) is 0.889. The summed E-state index contributed by atoms with van der Waals surface area (Å²) in [6.45, 7) is 9.65. The predicted molar refractivity (Wildman–Crippen MR) is 49.2 cm³/mol. The Hall–Kier alpha value is 0.500. The third-order valence-electron chi connectivity index (χ3n) is 1.92. The van der Waals surface area contributed by atoms with E-state index in [9.17, 15) is 5.11 Å². The molecule has 0 saturated heterocycles. The molecule has 0 heterocycles. The maximum Gasteiger partial charge on any atom is 0.0989 e. The molecule has 1 N–H and O–H groups in total. The van der Waals surface area contributed by atoms with Gasteiger partial charge in [0.15, 0.2) is 0 Å². The van der Waals surface area contributed by atoms with Crippen LogP contribution in [0.5, 0.6) is 0 Å². The van der Waals surface area contributed by atoms with E-state index < -0.39 is 5.60 Å². The minimum absolute atomic E-state index is 0. The maximum atomic E-state index is 9.71. The van der Waals surface area contributed by atoms with Crippen LogP contribution < -0.4 is 0 Å². The smallest absolute Gasteiger partial charge is 0.0989 e. The van der Waals surface area contributed by atoms with Crippen molar-refractivity contribution in [2.45, 2.75) is 52.7 Å². The molecule has 0 aromatic rings. The van der Waals surface area contributed by atoms with Crippen LogP contribution in [0.4, 0.5) is 0 Å². The number of hydrogen-bond donors (Lipinski definition) is 1. The second-order valence-electron chi connectivity index (χ2n) is 3.44. The normalized spacial score (nSPS) is 17.1. The van der Waals surface area contributed by atoms with E-state index in [0.29, 0.717) is 0 Å². The molecule has 0 aromatic heterocycles. The molecule has 1 unspecified atom stereocenters. The van der Waals surface area contributed by atoms with Crippen molar-refractivity contribution in [3.05, 3.63) is 0 Å². The van der Waals surface area contributed by atoms with Crippen LogP contribution in [0.25, 0.3) is 0 Å². The number of rotatable bonds is 3. The van der Waals surface area contributed by atoms with Gasteiger partial charge in [0.2, 0.25) is 0 Å². The van der Waals surface area contributed by atoms with Crippen LogP contribution in [0.3, 0.4) is 0 Å². The zero-order valence-corrected chi connectivity index (χ0v) is 10.6. The molecule has 2 nitrogen and oxygen atoms in total. The van der Waals surface area contributed by atoms with Gasteiger partial charge in [-0.15, -0.1) is 0 Å². The molecule has 0 aliphatic heterocycles. The van der Waals surface area contributed by atoms with E-state index in [0.717, 1.165) is 12.1 Å². The third kappa shape index (κ3) is 5.20. The Kier molecular flexibility index (Phi) is 7.54. The van der Waals surface area contributed by atoms with Gasteiger partial charge in [-0.25, -0.2) is 0 Å². The number of nitrogens with zero attached hydrogens (tertiary/aromatic N) is 1. The zero-order chi connectivity index (χ0) is 9.07. The van der Waals surface area contributed by atoms with Crippen LogP contribution in [-0.4, -0.2) is 22.5 Å². The summed E-state index contributed by atoms with van der Waals surface area (Å²) in [5.74, 6) is 0. The summed E-state index contributed by atoms with van der Waals surface area (Å²) < 4.78 is 0. The molecule has 0 saturated carbocycles. The molecule has 0 spiro atoms. The van der Waals surface area contributed by atoms with Crippen LogP contribution >= 0.6 is 0 Å². The van der Waals surface area contributed by atoms with Gasteiger partial charge in [-0.3, -0.25) is 4.99 Å². The van der Waals surface area contributed by atoms with E-state index in [4.69, 9.17) is 0 Å². The molecule has 69 valence electrons. The minimum atomic E-state index is -0.718. The first-order chi connectivity index (χ1) is 4.90. The SMILES string of the molecule is CCC(C)(O)C(C)=NC(C)C.[Sc]. The molecule has 1 radical (unpaired) electrons. The van der Waals surface area contributed by atoms with Crippen molar-refractivity contribution in [1.82, 2.24) is 0 Å². The van der Waals surface area contributed by atoms with Crippen molar-refractivity contribution in [2.24, 2.45) is 4.99 Å². The van der Waals surface area contributed by atoms with Gasteiger partial charge in [0.05, 0.1) is 5.60 Å². The fourth-order valence-corrected chi connectivity index (χ4v) is 0.782. The van der Waals surface area contributed by atoms with Crippen LogP contribution in [0, 0.1) is 0 Å². The Bertz CT molecular complexity index is 153. The van der Waals surface area contributed by atoms with Gasteiger partial charge < -0.3 is 5.11 Å². The van der Waals surface area contributed by atoms with Crippen molar-refractivity contribution < 1.29 is 30.9 Å². The average Bonchev–Trinajstić information content (AvgIpc) is 1.86. The molecule has 1 atom stereocenters. The van der Waals surface area contributed by atoms with Crippen LogP contribution in [0.1, 0.15) is 41.0 Å². The maximum absolute atomic E-state index is 9.71. The van der Waals surface area contributed by atoms with Crippen LogP contribution in [0.15, 0.2) is 4.99 Å². The van der Waals surface area contributed by atoms with Gasteiger partial charge in [-0.2, -0.15) is 0 Å². The summed E-state index contributed by atoms with van der Waals surface area (Å²) in [6.07, 6.45) is 0.717. The quantitative estimate of drug-likeness (QED) is 0.698. The number of aliphatic hydroxyl groups is 1. The molecule has 0 bridgehead atoms. The van der Waals surface area contributed by atoms with Gasteiger partial charge in [0, 0.05) is 37.6 Å². The Balaban J connectivity index is 0. The van der Waals surface area contributed by atoms with E-state index in [2.05, 4.69) is 4.99 Å². The Morgan fingerprint density at radius 3 is 2.17 bits per heavy atom. The molecular weight excluding hydrogens is 183 g/mol. The Morgan fingerprint density at radius 1 is 1.50 bits per heavy atom. The molecule has 0 aromatic carbocycles. The van der Waals surface area contributed by atoms with E-state index in [1.165, 1.54) is 0 Å². The van der Waals surface area contributed by atoms with Gasteiger partial charge in [0.25, 0.3) is 0 Å². The van der Waals surface area contributed by atoms with Gasteiger partial charge in [-0.1, -0.05) is 6.92 Å². The summed E-state index contributed by atoms with van der Waals surface area (Å²) in [5.41, 5.74) is 0.111. The second-order valence-corrected chi connectivity index (χ2v) is 3.44. The summed E-state index contributed by atoms with van der Waals surface area (Å²) in [7, 11) is 0. The van der Waals surface area contributed by atoms with E-state index in [1.54, 1.807) is 6.92 Å². The van der Waals surface area contributed by atoms with Crippen molar-refractivity contribution in [3.8, 4) is 0 Å². The Labute approximate surface area is 94.3 Å². The van der Waals surface area contributed by atoms with Crippen LogP contribution in [0.2, 0.25) is 0 Å². The molecule has 12 heavy (non-hydrogen) atoms. The van der Waals surface area contributed by atoms with E-state index in [1.807, 2.05) is 27.7 Å². The largest absolute Gasteiger partial charge is 0.384 e. The fourth-order valence-electron chi connectivity index (χ4n) is 0.782. The predicted octanol–water partition coefficient (Wildman–Crippen LogP) is 2.01. The van der Waals surface area contributed by atoms with E-state index in [-0.39, 0.29) is 31.9 Å².